The van der Waals surface area contributed by atoms with E-state index in [1.54, 1.807) is 0 Å². The number of anilines is 1. The molecule has 7 nitrogen and oxygen atoms in total. The average molecular weight is 253 g/mol. The van der Waals surface area contributed by atoms with Crippen LogP contribution in [0, 0.1) is 0 Å². The van der Waals surface area contributed by atoms with Crippen LogP contribution in [-0.4, -0.2) is 39.8 Å². The molecule has 1 aromatic rings. The van der Waals surface area contributed by atoms with Crippen molar-refractivity contribution in [1.82, 2.24) is 9.97 Å². The third-order valence-corrected chi connectivity index (χ3v) is 2.92. The van der Waals surface area contributed by atoms with Crippen molar-refractivity contribution in [3.05, 3.63) is 22.2 Å². The Morgan fingerprint density at radius 2 is 2.50 bits per heavy atom. The first-order valence-electron chi connectivity index (χ1n) is 5.75. The SMILES string of the molecule is CCc1nc(NC2(C(=O)O)CCOC2)cc(=O)[nH]1. The predicted molar refractivity (Wildman–Crippen MR) is 63.7 cm³/mol. The van der Waals surface area contributed by atoms with E-state index >= 15 is 0 Å². The molecule has 18 heavy (non-hydrogen) atoms. The van der Waals surface area contributed by atoms with Crippen molar-refractivity contribution >= 4 is 11.8 Å². The maximum absolute atomic E-state index is 11.4. The summed E-state index contributed by atoms with van der Waals surface area (Å²) < 4.78 is 5.12. The van der Waals surface area contributed by atoms with E-state index in [1.807, 2.05) is 6.92 Å². The molecule has 1 aliphatic rings. The molecule has 1 aliphatic heterocycles. The fourth-order valence-electron chi connectivity index (χ4n) is 1.87. The molecule has 0 radical (unpaired) electrons. The Kier molecular flexibility index (Phi) is 3.33. The number of ether oxygens (including phenoxy) is 1. The number of aliphatic carboxylic acids is 1. The van der Waals surface area contributed by atoms with Gasteiger partial charge in [-0.15, -0.1) is 0 Å². The fourth-order valence-corrected chi connectivity index (χ4v) is 1.87. The Morgan fingerprint density at radius 3 is 3.06 bits per heavy atom. The van der Waals surface area contributed by atoms with Crippen molar-refractivity contribution in [3.63, 3.8) is 0 Å². The minimum atomic E-state index is -1.19. The van der Waals surface area contributed by atoms with Crippen LogP contribution in [0.25, 0.3) is 0 Å². The minimum absolute atomic E-state index is 0.0677. The summed E-state index contributed by atoms with van der Waals surface area (Å²) in [5.41, 5.74) is -1.49. The Labute approximate surface area is 103 Å². The number of carboxylic acids is 1. The van der Waals surface area contributed by atoms with E-state index in [9.17, 15) is 14.7 Å². The normalized spacial score (nSPS) is 22.9. The number of aromatic nitrogens is 2. The topological polar surface area (TPSA) is 104 Å². The third kappa shape index (κ3) is 2.35. The summed E-state index contributed by atoms with van der Waals surface area (Å²) in [6.07, 6.45) is 0.916. The second-order valence-corrected chi connectivity index (χ2v) is 4.25. The van der Waals surface area contributed by atoms with E-state index in [0.717, 1.165) is 0 Å². The van der Waals surface area contributed by atoms with Crippen LogP contribution in [0.2, 0.25) is 0 Å². The molecule has 1 unspecified atom stereocenters. The molecule has 7 heteroatoms. The number of hydrogen-bond acceptors (Lipinski definition) is 5. The number of carboxylic acid groups (broad SMARTS) is 1. The highest BCUT2D eigenvalue weighted by Crippen LogP contribution is 2.23. The summed E-state index contributed by atoms with van der Waals surface area (Å²) in [5.74, 6) is -0.215. The molecular formula is C11H15N3O4. The molecule has 1 saturated heterocycles. The molecular weight excluding hydrogens is 238 g/mol. The molecule has 0 amide bonds. The summed E-state index contributed by atoms with van der Waals surface area (Å²) >= 11 is 0. The lowest BCUT2D eigenvalue weighted by molar-refractivity contribution is -0.142. The largest absolute Gasteiger partial charge is 0.479 e. The number of hydrogen-bond donors (Lipinski definition) is 3. The lowest BCUT2D eigenvalue weighted by Crippen LogP contribution is -2.47. The minimum Gasteiger partial charge on any atom is -0.479 e. The second kappa shape index (κ2) is 4.77. The van der Waals surface area contributed by atoms with Gasteiger partial charge in [0.25, 0.3) is 5.56 Å². The van der Waals surface area contributed by atoms with Crippen LogP contribution in [0.4, 0.5) is 5.82 Å². The summed E-state index contributed by atoms with van der Waals surface area (Å²) in [5, 5.41) is 12.1. The van der Waals surface area contributed by atoms with Gasteiger partial charge in [0.2, 0.25) is 0 Å². The van der Waals surface area contributed by atoms with Gasteiger partial charge in [-0.3, -0.25) is 4.79 Å². The van der Waals surface area contributed by atoms with E-state index in [1.165, 1.54) is 6.07 Å². The maximum Gasteiger partial charge on any atom is 0.331 e. The number of aryl methyl sites for hydroxylation is 1. The van der Waals surface area contributed by atoms with Gasteiger partial charge in [-0.05, 0) is 0 Å². The van der Waals surface area contributed by atoms with E-state index in [4.69, 9.17) is 4.74 Å². The molecule has 0 spiro atoms. The quantitative estimate of drug-likeness (QED) is 0.697. The van der Waals surface area contributed by atoms with Crippen LogP contribution in [-0.2, 0) is 16.0 Å². The molecule has 1 atom stereocenters. The first-order chi connectivity index (χ1) is 8.55. The third-order valence-electron chi connectivity index (χ3n) is 2.92. The van der Waals surface area contributed by atoms with Gasteiger partial charge >= 0.3 is 5.97 Å². The molecule has 1 aromatic heterocycles. The molecule has 3 N–H and O–H groups in total. The summed E-state index contributed by atoms with van der Waals surface area (Å²) in [6.45, 7) is 2.30. The molecule has 0 bridgehead atoms. The van der Waals surface area contributed by atoms with Crippen molar-refractivity contribution in [2.24, 2.45) is 0 Å². The van der Waals surface area contributed by atoms with Crippen LogP contribution >= 0.6 is 0 Å². The van der Waals surface area contributed by atoms with Gasteiger partial charge in [-0.2, -0.15) is 0 Å². The zero-order valence-corrected chi connectivity index (χ0v) is 10.0. The van der Waals surface area contributed by atoms with Crippen molar-refractivity contribution in [2.45, 2.75) is 25.3 Å². The Bertz CT molecular complexity index is 505. The predicted octanol–water partition coefficient (Wildman–Crippen LogP) is -0.0121. The van der Waals surface area contributed by atoms with Crippen LogP contribution in [0.5, 0.6) is 0 Å². The number of aromatic amines is 1. The number of carbonyl (C=O) groups is 1. The van der Waals surface area contributed by atoms with E-state index in [2.05, 4.69) is 15.3 Å². The zero-order chi connectivity index (χ0) is 13.2. The fraction of sp³-hybridized carbons (Fsp3) is 0.545. The Balaban J connectivity index is 2.29. The maximum atomic E-state index is 11.4. The average Bonchev–Trinajstić information content (AvgIpc) is 2.78. The highest BCUT2D eigenvalue weighted by molar-refractivity contribution is 5.83. The molecule has 98 valence electrons. The van der Waals surface area contributed by atoms with Crippen LogP contribution in [0.15, 0.2) is 10.9 Å². The van der Waals surface area contributed by atoms with Gasteiger partial charge in [0.05, 0.1) is 6.61 Å². The lowest BCUT2D eigenvalue weighted by Gasteiger charge is -2.24. The highest BCUT2D eigenvalue weighted by Gasteiger charge is 2.43. The van der Waals surface area contributed by atoms with Crippen LogP contribution in [0.3, 0.4) is 0 Å². The molecule has 2 heterocycles. The van der Waals surface area contributed by atoms with Crippen LogP contribution in [0.1, 0.15) is 19.2 Å². The van der Waals surface area contributed by atoms with Gasteiger partial charge in [0.1, 0.15) is 11.6 Å². The molecule has 0 aromatic carbocycles. The summed E-state index contributed by atoms with van der Waals surface area (Å²) in [4.78, 5) is 29.5. The lowest BCUT2D eigenvalue weighted by atomic mass is 9.99. The number of H-pyrrole nitrogens is 1. The van der Waals surface area contributed by atoms with Crippen molar-refractivity contribution in [2.75, 3.05) is 18.5 Å². The zero-order valence-electron chi connectivity index (χ0n) is 10.0. The van der Waals surface area contributed by atoms with E-state index in [-0.39, 0.29) is 18.0 Å². The summed E-state index contributed by atoms with van der Waals surface area (Å²) in [6, 6.07) is 1.25. The van der Waals surface area contributed by atoms with Gasteiger partial charge in [-0.1, -0.05) is 6.92 Å². The van der Waals surface area contributed by atoms with Crippen molar-refractivity contribution in [3.8, 4) is 0 Å². The molecule has 1 fully saturated rings. The Hall–Kier alpha value is -1.89. The van der Waals surface area contributed by atoms with Gasteiger partial charge in [0.15, 0.2) is 5.54 Å². The molecule has 0 aliphatic carbocycles. The van der Waals surface area contributed by atoms with Crippen LogP contribution < -0.4 is 10.9 Å². The van der Waals surface area contributed by atoms with Gasteiger partial charge in [-0.25, -0.2) is 9.78 Å². The number of nitrogens with one attached hydrogen (secondary N) is 2. The summed E-state index contributed by atoms with van der Waals surface area (Å²) in [7, 11) is 0. The van der Waals surface area contributed by atoms with Crippen molar-refractivity contribution < 1.29 is 14.6 Å². The van der Waals surface area contributed by atoms with E-state index in [0.29, 0.717) is 25.3 Å². The second-order valence-electron chi connectivity index (χ2n) is 4.25. The first-order valence-corrected chi connectivity index (χ1v) is 5.75. The number of nitrogens with zero attached hydrogens (tertiary/aromatic N) is 1. The first kappa shape index (κ1) is 12.6. The van der Waals surface area contributed by atoms with E-state index < -0.39 is 11.5 Å². The molecule has 2 rings (SSSR count). The number of rotatable bonds is 4. The van der Waals surface area contributed by atoms with Gasteiger partial charge < -0.3 is 20.1 Å². The smallest absolute Gasteiger partial charge is 0.331 e. The van der Waals surface area contributed by atoms with Crippen molar-refractivity contribution in [1.29, 1.82) is 0 Å². The Morgan fingerprint density at radius 1 is 1.72 bits per heavy atom. The highest BCUT2D eigenvalue weighted by atomic mass is 16.5. The van der Waals surface area contributed by atoms with Gasteiger partial charge in [0, 0.05) is 25.5 Å². The standard InChI is InChI=1S/C11H15N3O4/c1-2-7-12-8(5-9(15)13-7)14-11(10(16)17)3-4-18-6-11/h5H,2-4,6H2,1H3,(H,16,17)(H2,12,13,14,15). The molecule has 0 saturated carbocycles. The monoisotopic (exact) mass is 253 g/mol.